The van der Waals surface area contributed by atoms with Crippen LogP contribution in [0.2, 0.25) is 0 Å². The van der Waals surface area contributed by atoms with Crippen molar-refractivity contribution in [2.45, 2.75) is 52.1 Å². The van der Waals surface area contributed by atoms with Gasteiger partial charge in [0.25, 0.3) is 5.91 Å². The molecule has 0 saturated carbocycles. The van der Waals surface area contributed by atoms with Gasteiger partial charge in [-0.1, -0.05) is 0 Å². The molecule has 2 rings (SSSR count). The van der Waals surface area contributed by atoms with Gasteiger partial charge in [0.15, 0.2) is 0 Å². The Morgan fingerprint density at radius 3 is 2.75 bits per heavy atom. The van der Waals surface area contributed by atoms with E-state index in [0.717, 1.165) is 18.7 Å². The zero-order chi connectivity index (χ0) is 14.0. The number of carbonyl (C=O) groups excluding carboxylic acids is 1. The van der Waals surface area contributed by atoms with Crippen molar-refractivity contribution in [2.75, 3.05) is 13.1 Å². The number of aromatic nitrogens is 2. The van der Waals surface area contributed by atoms with E-state index in [1.807, 2.05) is 11.6 Å². The average Bonchev–Trinajstić information content (AvgIpc) is 2.93. The van der Waals surface area contributed by atoms with Crippen LogP contribution in [0.3, 0.4) is 0 Å². The molecule has 1 saturated heterocycles. The molecular weight excluding hydrogens is 276 g/mol. The minimum atomic E-state index is -0.102. The van der Waals surface area contributed by atoms with Crippen LogP contribution in [-0.4, -0.2) is 34.8 Å². The highest BCUT2D eigenvalue weighted by Crippen LogP contribution is 2.18. The summed E-state index contributed by atoms with van der Waals surface area (Å²) in [6.07, 6.45) is 4.00. The predicted molar refractivity (Wildman–Crippen MR) is 82.6 cm³/mol. The fourth-order valence-electron chi connectivity index (χ4n) is 2.55. The zero-order valence-electron chi connectivity index (χ0n) is 12.7. The van der Waals surface area contributed by atoms with E-state index in [0.29, 0.717) is 18.2 Å². The van der Waals surface area contributed by atoms with Crippen LogP contribution < -0.4 is 10.6 Å². The summed E-state index contributed by atoms with van der Waals surface area (Å²) in [5.74, 6) is -0.0262. The molecule has 2 N–H and O–H groups in total. The van der Waals surface area contributed by atoms with Crippen molar-refractivity contribution >= 4 is 18.3 Å². The molecule has 0 aliphatic carbocycles. The quantitative estimate of drug-likeness (QED) is 0.896. The normalized spacial score (nSPS) is 18.7. The molecule has 0 aromatic carbocycles. The Morgan fingerprint density at radius 1 is 1.55 bits per heavy atom. The maximum Gasteiger partial charge on any atom is 0.254 e. The SMILES string of the molecule is Cc1c(C(=O)NCC2CCCN2)cnn1C(C)(C)C.Cl. The topological polar surface area (TPSA) is 59.0 Å². The van der Waals surface area contributed by atoms with Gasteiger partial charge in [-0.15, -0.1) is 12.4 Å². The van der Waals surface area contributed by atoms with Gasteiger partial charge < -0.3 is 10.6 Å². The number of nitrogens with zero attached hydrogens (tertiary/aromatic N) is 2. The molecule has 6 heteroatoms. The Morgan fingerprint density at radius 2 is 2.25 bits per heavy atom. The van der Waals surface area contributed by atoms with E-state index < -0.39 is 0 Å². The first-order chi connectivity index (χ1) is 8.89. The summed E-state index contributed by atoms with van der Waals surface area (Å²) in [4.78, 5) is 12.2. The van der Waals surface area contributed by atoms with Crippen molar-refractivity contribution in [2.24, 2.45) is 0 Å². The van der Waals surface area contributed by atoms with E-state index in [9.17, 15) is 4.79 Å². The number of rotatable bonds is 3. The highest BCUT2D eigenvalue weighted by molar-refractivity contribution is 5.95. The fraction of sp³-hybridized carbons (Fsp3) is 0.714. The third kappa shape index (κ3) is 3.73. The first-order valence-corrected chi connectivity index (χ1v) is 6.96. The number of nitrogens with one attached hydrogen (secondary N) is 2. The summed E-state index contributed by atoms with van der Waals surface area (Å²) in [5, 5.41) is 10.7. The van der Waals surface area contributed by atoms with Crippen molar-refractivity contribution < 1.29 is 4.79 Å². The molecule has 1 unspecified atom stereocenters. The summed E-state index contributed by atoms with van der Waals surface area (Å²) in [6, 6.07) is 0.418. The van der Waals surface area contributed by atoms with Gasteiger partial charge in [-0.2, -0.15) is 5.10 Å². The second-order valence-corrected chi connectivity index (χ2v) is 6.23. The molecule has 1 aliphatic rings. The standard InChI is InChI=1S/C14H24N4O.ClH/c1-10-12(9-17-18(10)14(2,3)4)13(19)16-8-11-6-5-7-15-11;/h9,11,15H,5-8H2,1-4H3,(H,16,19);1H. The van der Waals surface area contributed by atoms with Gasteiger partial charge in [0.1, 0.15) is 0 Å². The first-order valence-electron chi connectivity index (χ1n) is 6.96. The van der Waals surface area contributed by atoms with Gasteiger partial charge in [-0.25, -0.2) is 0 Å². The van der Waals surface area contributed by atoms with Gasteiger partial charge in [-0.3, -0.25) is 9.48 Å². The van der Waals surface area contributed by atoms with Crippen LogP contribution in [0.1, 0.15) is 49.7 Å². The predicted octanol–water partition coefficient (Wildman–Crippen LogP) is 1.85. The first kappa shape index (κ1) is 17.0. The van der Waals surface area contributed by atoms with Crippen LogP contribution in [0.15, 0.2) is 6.20 Å². The van der Waals surface area contributed by atoms with Crippen LogP contribution in [-0.2, 0) is 5.54 Å². The van der Waals surface area contributed by atoms with Crippen molar-refractivity contribution in [1.82, 2.24) is 20.4 Å². The minimum absolute atomic E-state index is 0. The third-order valence-corrected chi connectivity index (χ3v) is 3.56. The van der Waals surface area contributed by atoms with Crippen LogP contribution in [0.25, 0.3) is 0 Å². The largest absolute Gasteiger partial charge is 0.350 e. The number of hydrogen-bond donors (Lipinski definition) is 2. The smallest absolute Gasteiger partial charge is 0.254 e. The van der Waals surface area contributed by atoms with Crippen molar-refractivity contribution in [1.29, 1.82) is 0 Å². The fourth-order valence-corrected chi connectivity index (χ4v) is 2.55. The molecule has 0 bridgehead atoms. The van der Waals surface area contributed by atoms with Crippen molar-refractivity contribution in [3.8, 4) is 0 Å². The van der Waals surface area contributed by atoms with Gasteiger partial charge in [0, 0.05) is 18.3 Å². The number of hydrogen-bond acceptors (Lipinski definition) is 3. The molecule has 20 heavy (non-hydrogen) atoms. The summed E-state index contributed by atoms with van der Waals surface area (Å²) in [5.41, 5.74) is 1.49. The lowest BCUT2D eigenvalue weighted by atomic mass is 10.1. The Hall–Kier alpha value is -1.07. The van der Waals surface area contributed by atoms with Gasteiger partial charge >= 0.3 is 0 Å². The van der Waals surface area contributed by atoms with Gasteiger partial charge in [0.05, 0.1) is 17.3 Å². The molecule has 1 atom stereocenters. The molecule has 1 aromatic rings. The number of carbonyl (C=O) groups is 1. The Bertz CT molecular complexity index is 458. The summed E-state index contributed by atoms with van der Waals surface area (Å²) in [6.45, 7) is 9.94. The van der Waals surface area contributed by atoms with Crippen LogP contribution in [0, 0.1) is 6.92 Å². The Kier molecular flexibility index (Phi) is 5.59. The van der Waals surface area contributed by atoms with Crippen molar-refractivity contribution in [3.05, 3.63) is 17.5 Å². The van der Waals surface area contributed by atoms with E-state index in [1.165, 1.54) is 6.42 Å². The summed E-state index contributed by atoms with van der Waals surface area (Å²) >= 11 is 0. The molecule has 1 aliphatic heterocycles. The van der Waals surface area contributed by atoms with Gasteiger partial charge in [-0.05, 0) is 47.1 Å². The molecule has 114 valence electrons. The van der Waals surface area contributed by atoms with E-state index >= 15 is 0 Å². The van der Waals surface area contributed by atoms with E-state index in [2.05, 4.69) is 36.5 Å². The van der Waals surface area contributed by atoms with Crippen LogP contribution >= 0.6 is 12.4 Å². The molecule has 1 amide bonds. The third-order valence-electron chi connectivity index (χ3n) is 3.56. The number of amides is 1. The van der Waals surface area contributed by atoms with Crippen LogP contribution in [0.5, 0.6) is 0 Å². The highest BCUT2D eigenvalue weighted by Gasteiger charge is 2.22. The lowest BCUT2D eigenvalue weighted by molar-refractivity contribution is 0.0949. The second-order valence-electron chi connectivity index (χ2n) is 6.23. The lowest BCUT2D eigenvalue weighted by Gasteiger charge is -2.21. The molecule has 0 spiro atoms. The maximum atomic E-state index is 12.2. The molecular formula is C14H25ClN4O. The summed E-state index contributed by atoms with van der Waals surface area (Å²) in [7, 11) is 0. The van der Waals surface area contributed by atoms with Gasteiger partial charge in [0.2, 0.25) is 0 Å². The van der Waals surface area contributed by atoms with Crippen molar-refractivity contribution in [3.63, 3.8) is 0 Å². The van der Waals surface area contributed by atoms with Crippen LogP contribution in [0.4, 0.5) is 0 Å². The average molecular weight is 301 g/mol. The maximum absolute atomic E-state index is 12.2. The zero-order valence-corrected chi connectivity index (χ0v) is 13.5. The monoisotopic (exact) mass is 300 g/mol. The van der Waals surface area contributed by atoms with E-state index in [1.54, 1.807) is 6.20 Å². The molecule has 1 fully saturated rings. The lowest BCUT2D eigenvalue weighted by Crippen LogP contribution is -2.37. The van der Waals surface area contributed by atoms with E-state index in [4.69, 9.17) is 0 Å². The second kappa shape index (κ2) is 6.59. The summed E-state index contributed by atoms with van der Waals surface area (Å²) < 4.78 is 1.90. The molecule has 0 radical (unpaired) electrons. The number of halogens is 1. The molecule has 5 nitrogen and oxygen atoms in total. The highest BCUT2D eigenvalue weighted by atomic mass is 35.5. The Balaban J connectivity index is 0.00000200. The minimum Gasteiger partial charge on any atom is -0.350 e. The Labute approximate surface area is 126 Å². The molecule has 1 aromatic heterocycles. The van der Waals surface area contributed by atoms with E-state index in [-0.39, 0.29) is 23.9 Å². The molecule has 2 heterocycles.